The summed E-state index contributed by atoms with van der Waals surface area (Å²) in [6.45, 7) is 19.4. The number of carbonyl (C=O) groups excluding carboxylic acids is 2. The number of ether oxygens (including phenoxy) is 2. The summed E-state index contributed by atoms with van der Waals surface area (Å²) < 4.78 is 9.83. The molecule has 0 fully saturated rings. The Hall–Kier alpha value is -2.37. The van der Waals surface area contributed by atoms with Gasteiger partial charge >= 0.3 is 17.9 Å². The van der Waals surface area contributed by atoms with E-state index in [-0.39, 0.29) is 11.9 Å². The Morgan fingerprint density at radius 3 is 1.81 bits per heavy atom. The van der Waals surface area contributed by atoms with Gasteiger partial charge in [0.2, 0.25) is 0 Å². The minimum Gasteiger partial charge on any atom is -0.478 e. The second kappa shape index (κ2) is 25.7. The lowest BCUT2D eigenvalue weighted by atomic mass is 10.0. The van der Waals surface area contributed by atoms with E-state index in [9.17, 15) is 14.4 Å². The van der Waals surface area contributed by atoms with Crippen LogP contribution in [0.4, 0.5) is 0 Å². The fourth-order valence-electron chi connectivity index (χ4n) is 2.22. The Morgan fingerprint density at radius 2 is 1.39 bits per heavy atom. The third-order valence-corrected chi connectivity index (χ3v) is 4.18. The van der Waals surface area contributed by atoms with Crippen LogP contribution in [-0.4, -0.2) is 36.2 Å². The Bertz CT molecular complexity index is 496. The van der Waals surface area contributed by atoms with E-state index in [1.807, 2.05) is 0 Å². The first-order chi connectivity index (χ1) is 14.7. The molecule has 0 bridgehead atoms. The molecule has 0 aliphatic heterocycles. The standard InChI is InChI=1S/2C11H20O2.C3H4O2/c1-4-11(12)13-9-7-5-6-8-10(2)3;1-4-7-8-10(5-2)9-13-11(12)6-3;1-2-3(4)5/h4,10H,1,5-9H2,2-3H3;6,10H,3-5,7-9H2,1-2H3;2H,1H2,(H,4,5). The van der Waals surface area contributed by atoms with E-state index in [0.29, 0.717) is 19.1 Å². The summed E-state index contributed by atoms with van der Waals surface area (Å²) in [5.41, 5.74) is 0. The average Bonchev–Trinajstić information content (AvgIpc) is 2.76. The molecule has 1 N–H and O–H groups in total. The first-order valence-electron chi connectivity index (χ1n) is 11.1. The van der Waals surface area contributed by atoms with Crippen molar-refractivity contribution in [1.29, 1.82) is 0 Å². The van der Waals surface area contributed by atoms with Gasteiger partial charge in [0.05, 0.1) is 13.2 Å². The van der Waals surface area contributed by atoms with Crippen molar-refractivity contribution in [3.05, 3.63) is 38.0 Å². The third-order valence-electron chi connectivity index (χ3n) is 4.18. The number of carbonyl (C=O) groups is 3. The van der Waals surface area contributed by atoms with Gasteiger partial charge in [0, 0.05) is 18.2 Å². The molecule has 0 aliphatic carbocycles. The van der Waals surface area contributed by atoms with Crippen molar-refractivity contribution in [2.75, 3.05) is 13.2 Å². The zero-order valence-corrected chi connectivity index (χ0v) is 20.1. The second-order valence-electron chi connectivity index (χ2n) is 7.41. The molecule has 0 aromatic rings. The van der Waals surface area contributed by atoms with E-state index >= 15 is 0 Å². The van der Waals surface area contributed by atoms with Crippen LogP contribution in [0, 0.1) is 11.8 Å². The molecule has 0 rings (SSSR count). The second-order valence-corrected chi connectivity index (χ2v) is 7.41. The van der Waals surface area contributed by atoms with Gasteiger partial charge in [0.25, 0.3) is 0 Å². The van der Waals surface area contributed by atoms with Crippen LogP contribution in [0.1, 0.15) is 79.1 Å². The van der Waals surface area contributed by atoms with E-state index in [2.05, 4.69) is 47.4 Å². The maximum Gasteiger partial charge on any atom is 0.330 e. The monoisotopic (exact) mass is 440 g/mol. The summed E-state index contributed by atoms with van der Waals surface area (Å²) in [7, 11) is 0. The quantitative estimate of drug-likeness (QED) is 0.187. The van der Waals surface area contributed by atoms with Crippen molar-refractivity contribution in [3.8, 4) is 0 Å². The third kappa shape index (κ3) is 32.5. The lowest BCUT2D eigenvalue weighted by molar-refractivity contribution is -0.139. The molecule has 0 amide bonds. The molecule has 1 atom stereocenters. The highest BCUT2D eigenvalue weighted by Gasteiger charge is 2.07. The van der Waals surface area contributed by atoms with Gasteiger partial charge in [-0.25, -0.2) is 14.4 Å². The number of hydrogen-bond donors (Lipinski definition) is 1. The van der Waals surface area contributed by atoms with Crippen LogP contribution < -0.4 is 0 Å². The van der Waals surface area contributed by atoms with Gasteiger partial charge in [-0.1, -0.05) is 86.0 Å². The van der Waals surface area contributed by atoms with Crippen LogP contribution in [0.3, 0.4) is 0 Å². The Balaban J connectivity index is -0.000000416. The summed E-state index contributed by atoms with van der Waals surface area (Å²) in [6.07, 6.45) is 12.5. The largest absolute Gasteiger partial charge is 0.478 e. The molecular formula is C25H44O6. The molecule has 0 aromatic carbocycles. The SMILES string of the molecule is C=CC(=O)O.C=CC(=O)OCC(CC)CCCC.C=CC(=O)OCCCCCC(C)C. The molecule has 6 heteroatoms. The summed E-state index contributed by atoms with van der Waals surface area (Å²) >= 11 is 0. The molecule has 31 heavy (non-hydrogen) atoms. The van der Waals surface area contributed by atoms with Crippen molar-refractivity contribution < 1.29 is 29.0 Å². The summed E-state index contributed by atoms with van der Waals surface area (Å²) in [5.74, 6) is -0.316. The van der Waals surface area contributed by atoms with Gasteiger partial charge in [0.1, 0.15) is 0 Å². The summed E-state index contributed by atoms with van der Waals surface area (Å²) in [5, 5.41) is 7.60. The number of aliphatic carboxylic acids is 1. The molecule has 0 saturated heterocycles. The predicted octanol–water partition coefficient (Wildman–Crippen LogP) is 6.12. The van der Waals surface area contributed by atoms with Gasteiger partial charge in [-0.15, -0.1) is 0 Å². The number of hydrogen-bond acceptors (Lipinski definition) is 5. The van der Waals surface area contributed by atoms with Crippen LogP contribution in [0.15, 0.2) is 38.0 Å². The van der Waals surface area contributed by atoms with Gasteiger partial charge in [-0.05, 0) is 24.7 Å². The molecule has 1 unspecified atom stereocenters. The minimum absolute atomic E-state index is 0.310. The van der Waals surface area contributed by atoms with Crippen LogP contribution in [-0.2, 0) is 23.9 Å². The summed E-state index contributed by atoms with van der Waals surface area (Å²) in [4.78, 5) is 30.6. The fraction of sp³-hybridized carbons (Fsp3) is 0.640. The molecule has 0 spiro atoms. The number of carboxylic acids is 1. The van der Waals surface area contributed by atoms with Crippen LogP contribution in [0.25, 0.3) is 0 Å². The molecular weight excluding hydrogens is 396 g/mol. The first-order valence-corrected chi connectivity index (χ1v) is 11.1. The average molecular weight is 441 g/mol. The molecule has 0 heterocycles. The molecule has 0 radical (unpaired) electrons. The van der Waals surface area contributed by atoms with E-state index in [0.717, 1.165) is 37.7 Å². The van der Waals surface area contributed by atoms with E-state index < -0.39 is 5.97 Å². The fourth-order valence-corrected chi connectivity index (χ4v) is 2.22. The zero-order valence-electron chi connectivity index (χ0n) is 20.1. The number of carboxylic acid groups (broad SMARTS) is 1. The first kappa shape index (κ1) is 33.3. The molecule has 6 nitrogen and oxygen atoms in total. The van der Waals surface area contributed by atoms with Crippen molar-refractivity contribution in [2.24, 2.45) is 11.8 Å². The van der Waals surface area contributed by atoms with Gasteiger partial charge < -0.3 is 14.6 Å². The number of rotatable bonds is 15. The number of unbranched alkanes of at least 4 members (excludes halogenated alkanes) is 3. The topological polar surface area (TPSA) is 89.9 Å². The van der Waals surface area contributed by atoms with E-state index in [1.165, 1.54) is 37.8 Å². The lowest BCUT2D eigenvalue weighted by Crippen LogP contribution is -2.12. The van der Waals surface area contributed by atoms with Gasteiger partial charge in [-0.2, -0.15) is 0 Å². The zero-order chi connectivity index (χ0) is 24.5. The van der Waals surface area contributed by atoms with Crippen LogP contribution in [0.2, 0.25) is 0 Å². The highest BCUT2D eigenvalue weighted by molar-refractivity contribution is 5.81. The maximum atomic E-state index is 10.8. The highest BCUT2D eigenvalue weighted by atomic mass is 16.5. The van der Waals surface area contributed by atoms with Gasteiger partial charge in [0.15, 0.2) is 0 Å². The van der Waals surface area contributed by atoms with E-state index in [4.69, 9.17) is 14.6 Å². The molecule has 0 saturated carbocycles. The van der Waals surface area contributed by atoms with Crippen LogP contribution in [0.5, 0.6) is 0 Å². The van der Waals surface area contributed by atoms with Crippen molar-refractivity contribution in [3.63, 3.8) is 0 Å². The Labute approximate surface area is 189 Å². The minimum atomic E-state index is -0.981. The maximum absolute atomic E-state index is 10.8. The molecule has 180 valence electrons. The molecule has 0 aliphatic rings. The van der Waals surface area contributed by atoms with Crippen molar-refractivity contribution in [1.82, 2.24) is 0 Å². The molecule has 0 aromatic heterocycles. The summed E-state index contributed by atoms with van der Waals surface area (Å²) in [6, 6.07) is 0. The van der Waals surface area contributed by atoms with Crippen molar-refractivity contribution >= 4 is 17.9 Å². The Kier molecular flexibility index (Phi) is 27.5. The van der Waals surface area contributed by atoms with Crippen LogP contribution >= 0.6 is 0 Å². The Morgan fingerprint density at radius 1 is 0.839 bits per heavy atom. The smallest absolute Gasteiger partial charge is 0.330 e. The lowest BCUT2D eigenvalue weighted by Gasteiger charge is -2.13. The van der Waals surface area contributed by atoms with E-state index in [1.54, 1.807) is 0 Å². The highest BCUT2D eigenvalue weighted by Crippen LogP contribution is 2.12. The number of esters is 2. The van der Waals surface area contributed by atoms with Gasteiger partial charge in [-0.3, -0.25) is 0 Å². The normalized spacial score (nSPS) is 10.4. The van der Waals surface area contributed by atoms with Crippen molar-refractivity contribution in [2.45, 2.75) is 79.1 Å². The predicted molar refractivity (Wildman–Crippen MR) is 127 cm³/mol.